The van der Waals surface area contributed by atoms with Gasteiger partial charge in [0, 0.05) is 36.3 Å². The molecule has 4 nitrogen and oxygen atoms in total. The summed E-state index contributed by atoms with van der Waals surface area (Å²) in [5, 5.41) is 7.15. The minimum Gasteiger partial charge on any atom is -0.399 e. The van der Waals surface area contributed by atoms with E-state index in [0.717, 1.165) is 0 Å². The molecule has 1 aromatic heterocycles. The van der Waals surface area contributed by atoms with Crippen molar-refractivity contribution in [3.63, 3.8) is 0 Å². The normalized spacial score (nSPS) is 16.5. The van der Waals surface area contributed by atoms with Gasteiger partial charge in [-0.2, -0.15) is 5.10 Å². The summed E-state index contributed by atoms with van der Waals surface area (Å²) >= 11 is 0. The van der Waals surface area contributed by atoms with Gasteiger partial charge in [-0.3, -0.25) is 4.68 Å². The summed E-state index contributed by atoms with van der Waals surface area (Å²) in [6, 6.07) is 4.01. The van der Waals surface area contributed by atoms with Crippen molar-refractivity contribution in [3.8, 4) is 0 Å². The lowest BCUT2D eigenvalue weighted by Gasteiger charge is -2.28. The molecule has 0 aliphatic heterocycles. The highest BCUT2D eigenvalue weighted by Gasteiger charge is 2.35. The average molecular weight is 440 g/mol. The number of halogens is 5. The number of rotatable bonds is 7. The molecule has 1 fully saturated rings. The van der Waals surface area contributed by atoms with Gasteiger partial charge in [-0.15, -0.1) is 0 Å². The topological polar surface area (TPSA) is 55.9 Å². The van der Waals surface area contributed by atoms with E-state index in [9.17, 15) is 22.0 Å². The SMILES string of the molecule is C=C(N)c1cc(NC(=C)c2c(C(F)F)c(C)nn2CC2CCC(F)(F)CC2)ccc1F. The van der Waals surface area contributed by atoms with Gasteiger partial charge in [0.05, 0.1) is 22.6 Å². The minimum atomic E-state index is -2.80. The van der Waals surface area contributed by atoms with Gasteiger partial charge < -0.3 is 11.1 Å². The number of aryl methyl sites for hydroxylation is 1. The van der Waals surface area contributed by atoms with Crippen LogP contribution in [0.25, 0.3) is 11.4 Å². The Morgan fingerprint density at radius 3 is 2.52 bits per heavy atom. The minimum absolute atomic E-state index is 0.0232. The zero-order valence-electron chi connectivity index (χ0n) is 17.2. The number of benzene rings is 1. The molecule has 31 heavy (non-hydrogen) atoms. The molecule has 1 aliphatic carbocycles. The largest absolute Gasteiger partial charge is 0.399 e. The van der Waals surface area contributed by atoms with Crippen LogP contribution in [0.4, 0.5) is 27.6 Å². The molecule has 1 saturated carbocycles. The lowest BCUT2D eigenvalue weighted by Crippen LogP contribution is -2.27. The number of anilines is 1. The molecule has 0 radical (unpaired) electrons. The van der Waals surface area contributed by atoms with E-state index in [4.69, 9.17) is 5.73 Å². The smallest absolute Gasteiger partial charge is 0.267 e. The standard InChI is InChI=1S/C22H25F5N4/c1-12(28)17-10-16(4-5-18(17)23)29-14(3)20-19(21(24)25)13(2)30-31(20)11-15-6-8-22(26,27)9-7-15/h4-5,10,15,21,29H,1,3,6-9,11,28H2,2H3. The van der Waals surface area contributed by atoms with Crippen LogP contribution in [-0.2, 0) is 6.54 Å². The Labute approximate surface area is 177 Å². The van der Waals surface area contributed by atoms with Crippen molar-refractivity contribution in [2.75, 3.05) is 5.32 Å². The fourth-order valence-corrected chi connectivity index (χ4v) is 3.92. The third-order valence-corrected chi connectivity index (χ3v) is 5.55. The molecule has 1 aromatic carbocycles. The van der Waals surface area contributed by atoms with Crippen molar-refractivity contribution < 1.29 is 22.0 Å². The van der Waals surface area contributed by atoms with Gasteiger partial charge in [0.25, 0.3) is 6.43 Å². The summed E-state index contributed by atoms with van der Waals surface area (Å²) in [6.07, 6.45) is -2.68. The molecule has 1 heterocycles. The fraction of sp³-hybridized carbons (Fsp3) is 0.409. The first-order chi connectivity index (χ1) is 14.5. The Hall–Kier alpha value is -2.84. The van der Waals surface area contributed by atoms with E-state index in [2.05, 4.69) is 23.6 Å². The Kier molecular flexibility index (Phi) is 6.43. The predicted molar refractivity (Wildman–Crippen MR) is 111 cm³/mol. The highest BCUT2D eigenvalue weighted by atomic mass is 19.3. The summed E-state index contributed by atoms with van der Waals surface area (Å²) in [7, 11) is 0. The van der Waals surface area contributed by atoms with Crippen molar-refractivity contribution in [2.45, 2.75) is 51.5 Å². The van der Waals surface area contributed by atoms with E-state index in [1.807, 2.05) is 0 Å². The fourth-order valence-electron chi connectivity index (χ4n) is 3.92. The van der Waals surface area contributed by atoms with E-state index in [0.29, 0.717) is 5.69 Å². The molecule has 9 heteroatoms. The van der Waals surface area contributed by atoms with Gasteiger partial charge in [-0.25, -0.2) is 22.0 Å². The van der Waals surface area contributed by atoms with Crippen molar-refractivity contribution in [3.05, 3.63) is 59.7 Å². The molecule has 0 atom stereocenters. The number of aromatic nitrogens is 2. The lowest BCUT2D eigenvalue weighted by molar-refractivity contribution is -0.0476. The summed E-state index contributed by atoms with van der Waals surface area (Å²) < 4.78 is 69.8. The molecule has 3 rings (SSSR count). The van der Waals surface area contributed by atoms with Crippen LogP contribution >= 0.6 is 0 Å². The second-order valence-corrected chi connectivity index (χ2v) is 7.95. The second kappa shape index (κ2) is 8.72. The van der Waals surface area contributed by atoms with Gasteiger partial charge in [-0.1, -0.05) is 13.2 Å². The van der Waals surface area contributed by atoms with Crippen LogP contribution in [0, 0.1) is 18.7 Å². The van der Waals surface area contributed by atoms with E-state index in [1.54, 1.807) is 0 Å². The lowest BCUT2D eigenvalue weighted by atomic mass is 9.87. The summed E-state index contributed by atoms with van der Waals surface area (Å²) in [5.41, 5.74) is 6.18. The van der Waals surface area contributed by atoms with Crippen molar-refractivity contribution in [1.82, 2.24) is 9.78 Å². The molecule has 0 unspecified atom stereocenters. The number of nitrogens with one attached hydrogen (secondary N) is 1. The van der Waals surface area contributed by atoms with E-state index >= 15 is 0 Å². The maximum absolute atomic E-state index is 13.9. The zero-order chi connectivity index (χ0) is 22.9. The summed E-state index contributed by atoms with van der Waals surface area (Å²) in [6.45, 7) is 9.09. The predicted octanol–water partition coefficient (Wildman–Crippen LogP) is 6.11. The van der Waals surface area contributed by atoms with Crippen molar-refractivity contribution in [2.24, 2.45) is 11.7 Å². The van der Waals surface area contributed by atoms with Crippen LogP contribution in [0.3, 0.4) is 0 Å². The Morgan fingerprint density at radius 1 is 1.29 bits per heavy atom. The number of alkyl halides is 4. The van der Waals surface area contributed by atoms with Crippen LogP contribution in [-0.4, -0.2) is 15.7 Å². The Balaban J connectivity index is 1.89. The molecule has 1 aliphatic rings. The Bertz CT molecular complexity index is 986. The molecule has 168 valence electrons. The van der Waals surface area contributed by atoms with Crippen LogP contribution in [0.1, 0.15) is 54.6 Å². The first-order valence-electron chi connectivity index (χ1n) is 9.92. The zero-order valence-corrected chi connectivity index (χ0v) is 17.2. The monoisotopic (exact) mass is 440 g/mol. The maximum atomic E-state index is 13.9. The van der Waals surface area contributed by atoms with Crippen molar-refractivity contribution >= 4 is 17.1 Å². The van der Waals surface area contributed by atoms with Crippen LogP contribution in [0.15, 0.2) is 31.4 Å². The molecule has 0 saturated heterocycles. The maximum Gasteiger partial charge on any atom is 0.267 e. The highest BCUT2D eigenvalue weighted by molar-refractivity contribution is 5.77. The van der Waals surface area contributed by atoms with Crippen LogP contribution in [0.2, 0.25) is 0 Å². The quantitative estimate of drug-likeness (QED) is 0.511. The second-order valence-electron chi connectivity index (χ2n) is 7.95. The third-order valence-electron chi connectivity index (χ3n) is 5.55. The van der Waals surface area contributed by atoms with Crippen LogP contribution in [0.5, 0.6) is 0 Å². The molecule has 2 aromatic rings. The number of nitrogens with two attached hydrogens (primary N) is 1. The summed E-state index contributed by atoms with van der Waals surface area (Å²) in [5.74, 6) is -3.34. The first kappa shape index (κ1) is 22.8. The molecule has 0 bridgehead atoms. The van der Waals surface area contributed by atoms with E-state index < -0.39 is 18.2 Å². The number of hydrogen-bond acceptors (Lipinski definition) is 3. The number of hydrogen-bond donors (Lipinski definition) is 2. The molecule has 3 N–H and O–H groups in total. The molecular weight excluding hydrogens is 415 g/mol. The van der Waals surface area contributed by atoms with Gasteiger partial charge in [0.15, 0.2) is 0 Å². The van der Waals surface area contributed by atoms with Gasteiger partial charge in [-0.05, 0) is 43.9 Å². The molecular formula is C22H25F5N4. The first-order valence-corrected chi connectivity index (χ1v) is 9.92. The van der Waals surface area contributed by atoms with Gasteiger partial charge in [0.1, 0.15) is 5.82 Å². The highest BCUT2D eigenvalue weighted by Crippen LogP contribution is 2.38. The average Bonchev–Trinajstić information content (AvgIpc) is 3.01. The summed E-state index contributed by atoms with van der Waals surface area (Å²) in [4.78, 5) is 0. The van der Waals surface area contributed by atoms with Crippen molar-refractivity contribution in [1.29, 1.82) is 0 Å². The Morgan fingerprint density at radius 2 is 1.94 bits per heavy atom. The van der Waals surface area contributed by atoms with E-state index in [1.165, 1.54) is 29.8 Å². The van der Waals surface area contributed by atoms with Gasteiger partial charge in [0.2, 0.25) is 5.92 Å². The number of nitrogens with zero attached hydrogens (tertiary/aromatic N) is 2. The van der Waals surface area contributed by atoms with E-state index in [-0.39, 0.29) is 72.1 Å². The third kappa shape index (κ3) is 5.08. The molecule has 0 spiro atoms. The van der Waals surface area contributed by atoms with Crippen LogP contribution < -0.4 is 11.1 Å². The molecule has 0 amide bonds. The van der Waals surface area contributed by atoms with Gasteiger partial charge >= 0.3 is 0 Å².